The second-order valence-electron chi connectivity index (χ2n) is 2.80. The first-order valence-corrected chi connectivity index (χ1v) is 3.93. The molecule has 74 valence electrons. The Morgan fingerprint density at radius 3 is 2.31 bits per heavy atom. The second kappa shape index (κ2) is 5.35. The molecule has 0 aliphatic heterocycles. The predicted molar refractivity (Wildman–Crippen MR) is 47.0 cm³/mol. The Bertz CT molecular complexity index is 220. The number of hydrogen-bond donors (Lipinski definition) is 0. The molecule has 0 fully saturated rings. The second-order valence-corrected chi connectivity index (χ2v) is 2.80. The summed E-state index contributed by atoms with van der Waals surface area (Å²) in [7, 11) is 0. The standard InChI is InChI=1S/C9H14O4/c1-6(2)9(11)13-7(3)5-12-8(4)10/h7H,1,5H2,2-4H3. The summed E-state index contributed by atoms with van der Waals surface area (Å²) in [5, 5.41) is 0. The Kier molecular flexibility index (Phi) is 4.80. The van der Waals surface area contributed by atoms with Crippen LogP contribution in [0.2, 0.25) is 0 Å². The Hall–Kier alpha value is -1.32. The molecule has 0 bridgehead atoms. The Labute approximate surface area is 77.5 Å². The van der Waals surface area contributed by atoms with Gasteiger partial charge in [-0.1, -0.05) is 6.58 Å². The summed E-state index contributed by atoms with van der Waals surface area (Å²) in [6, 6.07) is 0. The van der Waals surface area contributed by atoms with Crippen LogP contribution >= 0.6 is 0 Å². The monoisotopic (exact) mass is 186 g/mol. The summed E-state index contributed by atoms with van der Waals surface area (Å²) >= 11 is 0. The lowest BCUT2D eigenvalue weighted by Crippen LogP contribution is -2.21. The fourth-order valence-corrected chi connectivity index (χ4v) is 0.552. The highest BCUT2D eigenvalue weighted by molar-refractivity contribution is 5.87. The van der Waals surface area contributed by atoms with Gasteiger partial charge in [-0.2, -0.15) is 0 Å². The maximum Gasteiger partial charge on any atom is 0.333 e. The van der Waals surface area contributed by atoms with Crippen LogP contribution in [0.3, 0.4) is 0 Å². The molecule has 0 amide bonds. The van der Waals surface area contributed by atoms with Crippen LogP contribution in [0.1, 0.15) is 20.8 Å². The van der Waals surface area contributed by atoms with Crippen LogP contribution in [0.15, 0.2) is 12.2 Å². The van der Waals surface area contributed by atoms with Gasteiger partial charge >= 0.3 is 11.9 Å². The lowest BCUT2D eigenvalue weighted by atomic mass is 10.3. The van der Waals surface area contributed by atoms with Crippen molar-refractivity contribution in [1.29, 1.82) is 0 Å². The summed E-state index contributed by atoms with van der Waals surface area (Å²) in [6.07, 6.45) is -0.437. The zero-order valence-electron chi connectivity index (χ0n) is 8.12. The van der Waals surface area contributed by atoms with Crippen molar-refractivity contribution in [1.82, 2.24) is 0 Å². The Balaban J connectivity index is 3.74. The zero-order chi connectivity index (χ0) is 10.4. The maximum absolute atomic E-state index is 10.9. The zero-order valence-corrected chi connectivity index (χ0v) is 8.12. The average molecular weight is 186 g/mol. The van der Waals surface area contributed by atoms with Gasteiger partial charge in [-0.25, -0.2) is 4.79 Å². The van der Waals surface area contributed by atoms with Crippen LogP contribution in [0.5, 0.6) is 0 Å². The molecule has 0 spiro atoms. The van der Waals surface area contributed by atoms with Crippen molar-refractivity contribution < 1.29 is 19.1 Å². The van der Waals surface area contributed by atoms with E-state index in [1.807, 2.05) is 0 Å². The third kappa shape index (κ3) is 5.90. The van der Waals surface area contributed by atoms with E-state index >= 15 is 0 Å². The predicted octanol–water partition coefficient (Wildman–Crippen LogP) is 1.06. The van der Waals surface area contributed by atoms with E-state index in [1.165, 1.54) is 6.92 Å². The van der Waals surface area contributed by atoms with E-state index in [0.29, 0.717) is 5.57 Å². The third-order valence-corrected chi connectivity index (χ3v) is 1.18. The summed E-state index contributed by atoms with van der Waals surface area (Å²) in [5.74, 6) is -0.863. The summed E-state index contributed by atoms with van der Waals surface area (Å²) < 4.78 is 9.48. The molecule has 1 atom stereocenters. The molecule has 0 aromatic heterocycles. The molecule has 0 aliphatic rings. The van der Waals surface area contributed by atoms with Crippen molar-refractivity contribution in [3.63, 3.8) is 0 Å². The van der Waals surface area contributed by atoms with E-state index in [9.17, 15) is 9.59 Å². The topological polar surface area (TPSA) is 52.6 Å². The Morgan fingerprint density at radius 2 is 1.92 bits per heavy atom. The van der Waals surface area contributed by atoms with Crippen LogP contribution in [0, 0.1) is 0 Å². The largest absolute Gasteiger partial charge is 0.462 e. The minimum Gasteiger partial charge on any atom is -0.462 e. The fraction of sp³-hybridized carbons (Fsp3) is 0.556. The molecule has 13 heavy (non-hydrogen) atoms. The number of ether oxygens (including phenoxy) is 2. The SMILES string of the molecule is C=C(C)C(=O)OC(C)COC(C)=O. The first kappa shape index (κ1) is 11.7. The average Bonchev–Trinajstić information content (AvgIpc) is 2.00. The molecule has 0 heterocycles. The smallest absolute Gasteiger partial charge is 0.333 e. The lowest BCUT2D eigenvalue weighted by molar-refractivity contribution is -0.153. The van der Waals surface area contributed by atoms with Crippen LogP contribution in [-0.4, -0.2) is 24.6 Å². The highest BCUT2D eigenvalue weighted by Gasteiger charge is 2.10. The molecule has 0 aromatic rings. The molecule has 1 unspecified atom stereocenters. The number of esters is 2. The highest BCUT2D eigenvalue weighted by Crippen LogP contribution is 1.98. The van der Waals surface area contributed by atoms with Crippen LogP contribution in [0.4, 0.5) is 0 Å². The van der Waals surface area contributed by atoms with Crippen molar-refractivity contribution in [2.45, 2.75) is 26.9 Å². The number of carbonyl (C=O) groups is 2. The van der Waals surface area contributed by atoms with Crippen LogP contribution in [0.25, 0.3) is 0 Å². The van der Waals surface area contributed by atoms with Crippen molar-refractivity contribution in [3.8, 4) is 0 Å². The fourth-order valence-electron chi connectivity index (χ4n) is 0.552. The van der Waals surface area contributed by atoms with E-state index in [4.69, 9.17) is 4.74 Å². The van der Waals surface area contributed by atoms with Gasteiger partial charge in [0.25, 0.3) is 0 Å². The van der Waals surface area contributed by atoms with E-state index in [0.717, 1.165) is 0 Å². The molecule has 0 saturated carbocycles. The van der Waals surface area contributed by atoms with Gasteiger partial charge in [-0.05, 0) is 13.8 Å². The van der Waals surface area contributed by atoms with Gasteiger partial charge in [-0.15, -0.1) is 0 Å². The molecule has 4 heteroatoms. The van der Waals surface area contributed by atoms with Gasteiger partial charge in [0.2, 0.25) is 0 Å². The molecular formula is C9H14O4. The van der Waals surface area contributed by atoms with Gasteiger partial charge in [0.05, 0.1) is 0 Å². The number of carbonyl (C=O) groups excluding carboxylic acids is 2. The highest BCUT2D eigenvalue weighted by atomic mass is 16.6. The quantitative estimate of drug-likeness (QED) is 0.486. The van der Waals surface area contributed by atoms with Crippen LogP contribution < -0.4 is 0 Å². The summed E-state index contributed by atoms with van der Waals surface area (Å²) in [6.45, 7) is 8.00. The minimum atomic E-state index is -0.473. The third-order valence-electron chi connectivity index (χ3n) is 1.18. The van der Waals surface area contributed by atoms with Gasteiger partial charge in [0, 0.05) is 12.5 Å². The van der Waals surface area contributed by atoms with Gasteiger partial charge in [0.15, 0.2) is 0 Å². The molecular weight excluding hydrogens is 172 g/mol. The first-order valence-electron chi connectivity index (χ1n) is 3.93. The van der Waals surface area contributed by atoms with Crippen LogP contribution in [-0.2, 0) is 19.1 Å². The molecule has 0 rings (SSSR count). The molecule has 0 radical (unpaired) electrons. The number of rotatable bonds is 4. The van der Waals surface area contributed by atoms with Gasteiger partial charge < -0.3 is 9.47 Å². The molecule has 0 aromatic carbocycles. The van der Waals surface area contributed by atoms with Gasteiger partial charge in [-0.3, -0.25) is 4.79 Å². The Morgan fingerprint density at radius 1 is 1.38 bits per heavy atom. The van der Waals surface area contributed by atoms with Crippen molar-refractivity contribution in [2.24, 2.45) is 0 Å². The van der Waals surface area contributed by atoms with E-state index in [1.54, 1.807) is 13.8 Å². The lowest BCUT2D eigenvalue weighted by Gasteiger charge is -2.12. The van der Waals surface area contributed by atoms with E-state index in [2.05, 4.69) is 11.3 Å². The molecule has 4 nitrogen and oxygen atoms in total. The summed E-state index contributed by atoms with van der Waals surface area (Å²) in [5.41, 5.74) is 0.328. The van der Waals surface area contributed by atoms with Crippen molar-refractivity contribution in [2.75, 3.05) is 6.61 Å². The molecule has 0 aliphatic carbocycles. The van der Waals surface area contributed by atoms with Crippen molar-refractivity contribution >= 4 is 11.9 Å². The summed E-state index contributed by atoms with van der Waals surface area (Å²) in [4.78, 5) is 21.3. The first-order chi connectivity index (χ1) is 5.93. The van der Waals surface area contributed by atoms with Crippen molar-refractivity contribution in [3.05, 3.63) is 12.2 Å². The van der Waals surface area contributed by atoms with E-state index in [-0.39, 0.29) is 6.61 Å². The van der Waals surface area contributed by atoms with E-state index < -0.39 is 18.0 Å². The molecule has 0 saturated heterocycles. The minimum absolute atomic E-state index is 0.0777. The van der Waals surface area contributed by atoms with Gasteiger partial charge in [0.1, 0.15) is 12.7 Å². The number of hydrogen-bond acceptors (Lipinski definition) is 4. The molecule has 0 N–H and O–H groups in total. The normalized spacial score (nSPS) is 11.6. The maximum atomic E-state index is 10.9.